The average molecular weight is 306 g/mol. The summed E-state index contributed by atoms with van der Waals surface area (Å²) in [5.41, 5.74) is 1.15. The lowest BCUT2D eigenvalue weighted by atomic mass is 10.1. The molecule has 1 aromatic rings. The van der Waals surface area contributed by atoms with Crippen LogP contribution < -0.4 is 5.32 Å². The number of halogens is 1. The van der Waals surface area contributed by atoms with Gasteiger partial charge in [0.2, 0.25) is 0 Å². The zero-order valence-electron chi connectivity index (χ0n) is 11.5. The van der Waals surface area contributed by atoms with E-state index < -0.39 is 0 Å². The molecule has 1 aromatic carbocycles. The fraction of sp³-hybridized carbons (Fsp3) is 0.467. The van der Waals surface area contributed by atoms with E-state index in [0.29, 0.717) is 18.1 Å². The zero-order valence-corrected chi connectivity index (χ0v) is 12.2. The molecule has 2 heterocycles. The van der Waals surface area contributed by atoms with E-state index in [9.17, 15) is 9.59 Å². The van der Waals surface area contributed by atoms with Gasteiger partial charge in [0.25, 0.3) is 5.91 Å². The van der Waals surface area contributed by atoms with Crippen LogP contribution in [0.5, 0.6) is 0 Å². The molecule has 0 spiro atoms. The Bertz CT molecular complexity index is 579. The van der Waals surface area contributed by atoms with Crippen LogP contribution >= 0.6 is 11.6 Å². The van der Waals surface area contributed by atoms with E-state index >= 15 is 0 Å². The van der Waals surface area contributed by atoms with Crippen molar-refractivity contribution in [3.63, 3.8) is 0 Å². The van der Waals surface area contributed by atoms with Crippen LogP contribution in [-0.2, 0) is 4.79 Å². The van der Waals surface area contributed by atoms with Crippen LogP contribution in [0.25, 0.3) is 0 Å². The normalized spacial score (nSPS) is 31.6. The molecule has 0 radical (unpaired) electrons. The van der Waals surface area contributed by atoms with Crippen LogP contribution in [-0.4, -0.2) is 53.5 Å². The summed E-state index contributed by atoms with van der Waals surface area (Å²) in [5.74, 6) is 0.207. The first-order valence-electron chi connectivity index (χ1n) is 7.26. The van der Waals surface area contributed by atoms with Gasteiger partial charge in [-0.15, -0.1) is 0 Å². The molecule has 1 aliphatic carbocycles. The van der Waals surface area contributed by atoms with Gasteiger partial charge in [-0.1, -0.05) is 23.7 Å². The Morgan fingerprint density at radius 2 is 1.95 bits per heavy atom. The highest BCUT2D eigenvalue weighted by atomic mass is 35.5. The Balaban J connectivity index is 1.54. The van der Waals surface area contributed by atoms with Crippen LogP contribution in [0, 0.1) is 0 Å². The quantitative estimate of drug-likeness (QED) is 0.841. The first-order valence-corrected chi connectivity index (χ1v) is 7.64. The average Bonchev–Trinajstić information content (AvgIpc) is 3.23. The molecule has 2 unspecified atom stereocenters. The number of rotatable bonds is 2. The van der Waals surface area contributed by atoms with Crippen LogP contribution in [0.3, 0.4) is 0 Å². The lowest BCUT2D eigenvalue weighted by Gasteiger charge is -2.26. The van der Waals surface area contributed by atoms with Crippen molar-refractivity contribution in [1.82, 2.24) is 15.1 Å². The Labute approximate surface area is 127 Å². The van der Waals surface area contributed by atoms with Gasteiger partial charge in [0, 0.05) is 36.6 Å². The standard InChI is InChI=1S/C15H16ClN3O2/c16-10-3-1-9(2-4-10)11-7-12(11)19-14(20)13-8-17-5-6-18(13)15(19)21/h1-4,11-13,17H,5-8H2/t11?,12?,13-/m0/s1. The molecule has 3 atom stereocenters. The minimum Gasteiger partial charge on any atom is -0.312 e. The molecule has 4 rings (SSSR count). The van der Waals surface area contributed by atoms with Crippen molar-refractivity contribution < 1.29 is 9.59 Å². The summed E-state index contributed by atoms with van der Waals surface area (Å²) in [4.78, 5) is 28.1. The third kappa shape index (κ3) is 2.03. The van der Waals surface area contributed by atoms with Gasteiger partial charge in [-0.2, -0.15) is 0 Å². The molecule has 2 saturated heterocycles. The summed E-state index contributed by atoms with van der Waals surface area (Å²) >= 11 is 5.90. The molecular weight excluding hydrogens is 290 g/mol. The number of urea groups is 1. The summed E-state index contributed by atoms with van der Waals surface area (Å²) in [6.07, 6.45) is 0.854. The molecule has 1 saturated carbocycles. The summed E-state index contributed by atoms with van der Waals surface area (Å²) in [6.45, 7) is 1.94. The van der Waals surface area contributed by atoms with Crippen LogP contribution in [0.4, 0.5) is 4.79 Å². The Morgan fingerprint density at radius 1 is 1.19 bits per heavy atom. The zero-order chi connectivity index (χ0) is 14.6. The van der Waals surface area contributed by atoms with E-state index in [1.54, 1.807) is 4.90 Å². The van der Waals surface area contributed by atoms with Gasteiger partial charge >= 0.3 is 6.03 Å². The number of hydrogen-bond donors (Lipinski definition) is 1. The maximum Gasteiger partial charge on any atom is 0.327 e. The van der Waals surface area contributed by atoms with Crippen molar-refractivity contribution in [2.24, 2.45) is 0 Å². The van der Waals surface area contributed by atoms with Crippen LogP contribution in [0.1, 0.15) is 17.9 Å². The molecule has 2 aliphatic heterocycles. The molecule has 6 heteroatoms. The second-order valence-electron chi connectivity index (χ2n) is 5.87. The number of nitrogens with one attached hydrogen (secondary N) is 1. The second kappa shape index (κ2) is 4.71. The van der Waals surface area contributed by atoms with Crippen molar-refractivity contribution in [2.75, 3.05) is 19.6 Å². The highest BCUT2D eigenvalue weighted by Crippen LogP contribution is 2.46. The number of fused-ring (bicyclic) bond motifs is 1. The van der Waals surface area contributed by atoms with Gasteiger partial charge in [-0.05, 0) is 24.1 Å². The Morgan fingerprint density at radius 3 is 2.67 bits per heavy atom. The molecule has 5 nitrogen and oxygen atoms in total. The summed E-state index contributed by atoms with van der Waals surface area (Å²) in [5, 5.41) is 3.88. The SMILES string of the molecule is O=C1[C@@H]2CNCCN2C(=O)N1C1CC1c1ccc(Cl)cc1. The largest absolute Gasteiger partial charge is 0.327 e. The number of amides is 3. The van der Waals surface area contributed by atoms with Gasteiger partial charge < -0.3 is 10.2 Å². The van der Waals surface area contributed by atoms with Crippen LogP contribution in [0.2, 0.25) is 5.02 Å². The monoisotopic (exact) mass is 305 g/mol. The van der Waals surface area contributed by atoms with E-state index in [2.05, 4.69) is 5.32 Å². The second-order valence-corrected chi connectivity index (χ2v) is 6.30. The first-order chi connectivity index (χ1) is 10.2. The molecule has 3 aliphatic rings. The van der Waals surface area contributed by atoms with Crippen molar-refractivity contribution in [3.05, 3.63) is 34.9 Å². The molecule has 21 heavy (non-hydrogen) atoms. The van der Waals surface area contributed by atoms with Crippen molar-refractivity contribution >= 4 is 23.5 Å². The predicted octanol–water partition coefficient (Wildman–Crippen LogP) is 1.43. The molecule has 3 fully saturated rings. The molecule has 0 bridgehead atoms. The number of benzene rings is 1. The summed E-state index contributed by atoms with van der Waals surface area (Å²) < 4.78 is 0. The van der Waals surface area contributed by atoms with Crippen LogP contribution in [0.15, 0.2) is 24.3 Å². The van der Waals surface area contributed by atoms with E-state index in [1.165, 1.54) is 4.90 Å². The van der Waals surface area contributed by atoms with E-state index in [1.807, 2.05) is 24.3 Å². The van der Waals surface area contributed by atoms with E-state index in [4.69, 9.17) is 11.6 Å². The lowest BCUT2D eigenvalue weighted by Crippen LogP contribution is -2.51. The smallest absolute Gasteiger partial charge is 0.312 e. The van der Waals surface area contributed by atoms with Crippen molar-refractivity contribution in [2.45, 2.75) is 24.4 Å². The minimum absolute atomic E-state index is 0.0109. The number of imide groups is 1. The third-order valence-corrected chi connectivity index (χ3v) is 4.86. The Hall–Kier alpha value is -1.59. The summed E-state index contributed by atoms with van der Waals surface area (Å²) in [7, 11) is 0. The molecule has 110 valence electrons. The predicted molar refractivity (Wildman–Crippen MR) is 78.2 cm³/mol. The van der Waals surface area contributed by atoms with Gasteiger partial charge in [0.15, 0.2) is 0 Å². The highest BCUT2D eigenvalue weighted by Gasteiger charge is 2.55. The maximum absolute atomic E-state index is 12.5. The number of nitrogens with zero attached hydrogens (tertiary/aromatic N) is 2. The topological polar surface area (TPSA) is 52.7 Å². The molecule has 0 aromatic heterocycles. The fourth-order valence-corrected chi connectivity index (χ4v) is 3.51. The molecular formula is C15H16ClN3O2. The van der Waals surface area contributed by atoms with Gasteiger partial charge in [0.05, 0.1) is 0 Å². The lowest BCUT2D eigenvalue weighted by molar-refractivity contribution is -0.128. The van der Waals surface area contributed by atoms with E-state index in [0.717, 1.165) is 18.5 Å². The highest BCUT2D eigenvalue weighted by molar-refractivity contribution is 6.30. The Kier molecular flexibility index (Phi) is 2.94. The third-order valence-electron chi connectivity index (χ3n) is 4.60. The first kappa shape index (κ1) is 13.1. The number of piperazine rings is 1. The van der Waals surface area contributed by atoms with Gasteiger partial charge in [-0.25, -0.2) is 4.79 Å². The number of carbonyl (C=O) groups is 2. The fourth-order valence-electron chi connectivity index (χ4n) is 3.39. The summed E-state index contributed by atoms with van der Waals surface area (Å²) in [6, 6.07) is 7.25. The van der Waals surface area contributed by atoms with E-state index in [-0.39, 0.29) is 29.9 Å². The number of hydrogen-bond acceptors (Lipinski definition) is 3. The molecule has 1 N–H and O–H groups in total. The van der Waals surface area contributed by atoms with Gasteiger partial charge in [-0.3, -0.25) is 9.69 Å². The maximum atomic E-state index is 12.5. The molecule has 3 amide bonds. The minimum atomic E-state index is -0.308. The van der Waals surface area contributed by atoms with Crippen molar-refractivity contribution in [3.8, 4) is 0 Å². The van der Waals surface area contributed by atoms with Gasteiger partial charge in [0.1, 0.15) is 6.04 Å². The number of carbonyl (C=O) groups excluding carboxylic acids is 2. The van der Waals surface area contributed by atoms with Crippen molar-refractivity contribution in [1.29, 1.82) is 0 Å².